The number of aryl methyl sites for hydroxylation is 4. The van der Waals surface area contributed by atoms with Gasteiger partial charge >= 0.3 is 29.8 Å². The Kier molecular flexibility index (Phi) is 44.8. The molecule has 0 bridgehead atoms. The number of anilines is 6. The zero-order valence-electron chi connectivity index (χ0n) is 78.3. The van der Waals surface area contributed by atoms with Crippen LogP contribution in [0.25, 0.3) is 10.8 Å². The summed E-state index contributed by atoms with van der Waals surface area (Å²) >= 11 is 51.8. The molecule has 43 heteroatoms. The van der Waals surface area contributed by atoms with Crippen molar-refractivity contribution < 1.29 is 102 Å². The van der Waals surface area contributed by atoms with E-state index in [4.69, 9.17) is 157 Å². The van der Waals surface area contributed by atoms with Gasteiger partial charge in [-0.05, 0) is 345 Å². The minimum absolute atomic E-state index is 0.00343. The molecule has 0 fully saturated rings. The summed E-state index contributed by atoms with van der Waals surface area (Å²) < 4.78 is 26.7. The first kappa shape index (κ1) is 115. The number of fused-ring (bicyclic) bond motifs is 1. The number of carboxylic acid groups (broad SMARTS) is 5. The number of methoxy groups -OCH3 is 4. The molecule has 0 atom stereocenters. The molecule has 752 valence electrons. The van der Waals surface area contributed by atoms with Crippen molar-refractivity contribution in [1.82, 2.24) is 31.9 Å². The van der Waals surface area contributed by atoms with Crippen molar-refractivity contribution in [3.8, 4) is 28.7 Å². The number of carboxylic acids is 5. The second-order valence-corrected chi connectivity index (χ2v) is 34.5. The standard InChI is InChI=1S/C20H16N2O4S.C17H15BrN2O4S.C17H15ClN2O4S.C17H17ClN2O2S.C16H13ClN2O4S.C16H14N2O3S/c1-26-17-11-13-6-3-2-5-12(13)10-16(17)18(23)22-20(27)21-15-8-4-7-14(9-15)19(24)25;1-2-24-14-8-7-10(9-12(14)18)15(21)20-17(25)19-13-6-4-3-5-11(13)16(22)23;1-9-7-10(3-6-14(9)24-2)15(21)20-17(25)19-11-4-5-12(16(22)23)13(18)8-11;1-10-6-11(2)8-13(7-10)19-17(23)20-16(21)12-4-5-15(22-3)14(18)9-12;1-23-13-5-3-2-4-11(13)14(20)19-16(24)18-9-6-7-10(15(21)22)12(17)8-9;1-10-2-4-11(5-3-10)14(19)18-16(22)17-13-8-6-12(7-9-13)15(20)21/h2-11H,1H3,(H,24,25)(H2,21,22,23,27);3-9H,2H2,1H3,(H,22,23)(H2,19,20,21,25);3-8H,1-2H3,(H,22,23)(H2,19,20,21,25);4-9H,1-3H3,(H2,19,20,21,23);2-8H,1H3,(H,21,22)(H2,18,19,20,24);2-9H,1H3,(H,20,21)(H2,17,18,19,22). The summed E-state index contributed by atoms with van der Waals surface area (Å²) in [5, 5.41) is 80.1. The van der Waals surface area contributed by atoms with Gasteiger partial charge in [-0.2, -0.15) is 0 Å². The van der Waals surface area contributed by atoms with Crippen LogP contribution in [0.2, 0.25) is 15.1 Å². The summed E-state index contributed by atoms with van der Waals surface area (Å²) in [6.07, 6.45) is 0. The van der Waals surface area contributed by atoms with E-state index in [1.807, 2.05) is 83.1 Å². The van der Waals surface area contributed by atoms with Crippen LogP contribution < -0.4 is 87.5 Å². The Morgan fingerprint density at radius 3 is 1.14 bits per heavy atom. The van der Waals surface area contributed by atoms with Crippen LogP contribution in [0, 0.1) is 27.7 Å². The SMILES string of the molecule is CCOc1ccc(C(=O)NC(=S)Nc2ccccc2C(=O)O)cc1Br.COc1cc2ccccc2cc1C(=O)NC(=S)Nc1cccc(C(=O)O)c1.COc1ccc(C(=O)NC(=S)Nc2cc(C)cc(C)c2)cc1Cl.COc1ccc(C(=O)NC(=S)Nc2ccc(C(=O)O)c(Cl)c2)cc1C.COc1ccccc1C(=O)NC(=S)Nc1ccc(C(=O)O)c(Cl)c1.Cc1ccc(C(=O)NC(=S)Nc2ccc(C(=O)O)cc2)cc1. The quantitative estimate of drug-likeness (QED) is 0.0264. The lowest BCUT2D eigenvalue weighted by Gasteiger charge is -2.13. The van der Waals surface area contributed by atoms with Gasteiger partial charge in [0.15, 0.2) is 30.7 Å². The lowest BCUT2D eigenvalue weighted by molar-refractivity contribution is 0.0686. The maximum Gasteiger partial charge on any atom is 0.337 e. The first-order valence-electron chi connectivity index (χ1n) is 42.5. The summed E-state index contributed by atoms with van der Waals surface area (Å²) in [4.78, 5) is 128. The van der Waals surface area contributed by atoms with Gasteiger partial charge in [0.2, 0.25) is 0 Å². The Morgan fingerprint density at radius 2 is 0.671 bits per heavy atom. The van der Waals surface area contributed by atoms with Gasteiger partial charge in [-0.25, -0.2) is 24.0 Å². The van der Waals surface area contributed by atoms with E-state index in [0.29, 0.717) is 107 Å². The predicted octanol–water partition coefficient (Wildman–Crippen LogP) is 20.9. The van der Waals surface area contributed by atoms with Crippen molar-refractivity contribution in [3.63, 3.8) is 0 Å². The van der Waals surface area contributed by atoms with Gasteiger partial charge in [-0.15, -0.1) is 0 Å². The number of ether oxygens (including phenoxy) is 5. The minimum Gasteiger partial charge on any atom is -0.496 e. The van der Waals surface area contributed by atoms with Crippen molar-refractivity contribution in [2.75, 3.05) is 66.9 Å². The number of thiocarbonyl (C=S) groups is 6. The summed E-state index contributed by atoms with van der Waals surface area (Å²) in [6, 6.07) is 72.7. The lowest BCUT2D eigenvalue weighted by atomic mass is 10.1. The molecule has 17 N–H and O–H groups in total. The van der Waals surface area contributed by atoms with Crippen LogP contribution in [0.4, 0.5) is 34.1 Å². The molecule has 0 saturated heterocycles. The molecule has 33 nitrogen and oxygen atoms in total. The number of amides is 6. The van der Waals surface area contributed by atoms with Crippen LogP contribution >= 0.6 is 124 Å². The van der Waals surface area contributed by atoms with Gasteiger partial charge in [0.1, 0.15) is 28.7 Å². The van der Waals surface area contributed by atoms with Gasteiger partial charge in [0, 0.05) is 50.7 Å². The molecule has 13 aromatic rings. The third kappa shape index (κ3) is 36.1. The Morgan fingerprint density at radius 1 is 0.281 bits per heavy atom. The summed E-state index contributed by atoms with van der Waals surface area (Å²) in [5.74, 6) is -5.00. The average Bonchev–Trinajstić information content (AvgIpc) is 0.802. The van der Waals surface area contributed by atoms with E-state index in [0.717, 1.165) is 38.7 Å². The maximum atomic E-state index is 12.6. The summed E-state index contributed by atoms with van der Waals surface area (Å²) in [6.45, 7) is 10.2. The first-order chi connectivity index (χ1) is 69.5. The fourth-order valence-electron chi connectivity index (χ4n) is 12.6. The minimum atomic E-state index is -1.13. The average molecular weight is 2210 g/mol. The molecular weight excluding hydrogens is 2120 g/mol. The second kappa shape index (κ2) is 56.7. The zero-order chi connectivity index (χ0) is 107. The number of benzene rings is 13. The van der Waals surface area contributed by atoms with Gasteiger partial charge in [-0.1, -0.05) is 113 Å². The Hall–Kier alpha value is -16.0. The topological polar surface area (TPSA) is 479 Å². The fraction of sp³-hybridized carbons (Fsp3) is 0.0971. The third-order valence-electron chi connectivity index (χ3n) is 19.5. The molecule has 0 heterocycles. The van der Waals surface area contributed by atoms with Crippen molar-refractivity contribution in [1.29, 1.82) is 0 Å². The van der Waals surface area contributed by atoms with Crippen LogP contribution in [0.1, 0.15) is 143 Å². The molecule has 0 aliphatic rings. The van der Waals surface area contributed by atoms with Gasteiger partial charge < -0.3 is 81.1 Å². The lowest BCUT2D eigenvalue weighted by Crippen LogP contribution is -2.34. The first-order valence-corrected chi connectivity index (χ1v) is 46.9. The number of carbonyl (C=O) groups excluding carboxylic acids is 6. The number of nitrogens with one attached hydrogen (secondary N) is 12. The number of halogens is 4. The molecule has 0 aliphatic heterocycles. The van der Waals surface area contributed by atoms with E-state index in [9.17, 15) is 52.7 Å². The van der Waals surface area contributed by atoms with Crippen LogP contribution in [-0.2, 0) is 0 Å². The summed E-state index contributed by atoms with van der Waals surface area (Å²) in [5.41, 5.74) is 9.95. The molecule has 0 unspecified atom stereocenters. The molecular formula is C103H90BrCl3N12O21S6. The van der Waals surface area contributed by atoms with E-state index in [-0.39, 0.29) is 86.3 Å². The van der Waals surface area contributed by atoms with Crippen molar-refractivity contribution in [3.05, 3.63) is 370 Å². The fourth-order valence-corrected chi connectivity index (χ4v) is 15.2. The monoisotopic (exact) mass is 2210 g/mol. The maximum absolute atomic E-state index is 12.6. The van der Waals surface area contributed by atoms with E-state index in [1.165, 1.54) is 94.1 Å². The molecule has 13 rings (SSSR count). The van der Waals surface area contributed by atoms with Crippen LogP contribution in [0.15, 0.2) is 271 Å². The largest absolute Gasteiger partial charge is 0.496 e. The van der Waals surface area contributed by atoms with E-state index < -0.39 is 47.6 Å². The number of para-hydroxylation sites is 2. The second-order valence-electron chi connectivity index (χ2n) is 30.0. The highest BCUT2D eigenvalue weighted by molar-refractivity contribution is 9.10. The van der Waals surface area contributed by atoms with Crippen molar-refractivity contribution in [2.24, 2.45) is 0 Å². The van der Waals surface area contributed by atoms with Gasteiger partial charge in [-0.3, -0.25) is 60.7 Å². The zero-order valence-corrected chi connectivity index (χ0v) is 87.1. The smallest absolute Gasteiger partial charge is 0.337 e. The summed E-state index contributed by atoms with van der Waals surface area (Å²) in [7, 11) is 6.04. The third-order valence-corrected chi connectivity index (χ3v) is 22.2. The molecule has 0 spiro atoms. The molecule has 6 amide bonds. The van der Waals surface area contributed by atoms with Crippen LogP contribution in [0.3, 0.4) is 0 Å². The number of hydrogen-bond donors (Lipinski definition) is 17. The van der Waals surface area contributed by atoms with E-state index >= 15 is 0 Å². The number of aromatic carboxylic acids is 5. The van der Waals surface area contributed by atoms with Gasteiger partial charge in [0.05, 0.1) is 99.2 Å². The molecule has 0 aliphatic carbocycles. The number of carbonyl (C=O) groups is 11. The van der Waals surface area contributed by atoms with Crippen LogP contribution in [0.5, 0.6) is 28.7 Å². The van der Waals surface area contributed by atoms with Crippen LogP contribution in [-0.4, -0.2) is 157 Å². The Bertz CT molecular complexity index is 7160. The molecule has 0 radical (unpaired) electrons. The highest BCUT2D eigenvalue weighted by atomic mass is 79.9. The molecule has 0 saturated carbocycles. The normalized spacial score (nSPS) is 10.0. The van der Waals surface area contributed by atoms with E-state index in [1.54, 1.807) is 147 Å². The van der Waals surface area contributed by atoms with E-state index in [2.05, 4.69) is 85.8 Å². The number of rotatable bonds is 23. The Balaban J connectivity index is 0.000000214. The Labute approximate surface area is 891 Å². The highest BCUT2D eigenvalue weighted by Crippen LogP contribution is 2.31. The molecule has 146 heavy (non-hydrogen) atoms. The number of hydrogen-bond acceptors (Lipinski definition) is 22. The molecule has 13 aromatic carbocycles. The van der Waals surface area contributed by atoms with Gasteiger partial charge in [0.25, 0.3) is 35.4 Å². The highest BCUT2D eigenvalue weighted by Gasteiger charge is 2.22. The molecule has 0 aromatic heterocycles. The van der Waals surface area contributed by atoms with Crippen molar-refractivity contribution >= 4 is 265 Å². The van der Waals surface area contributed by atoms with Crippen molar-refractivity contribution in [2.45, 2.75) is 34.6 Å². The predicted molar refractivity (Wildman–Crippen MR) is 591 cm³/mol.